The van der Waals surface area contributed by atoms with Gasteiger partial charge in [0.15, 0.2) is 0 Å². The van der Waals surface area contributed by atoms with Gasteiger partial charge in [0.2, 0.25) is 0 Å². The van der Waals surface area contributed by atoms with Crippen LogP contribution in [-0.4, -0.2) is 0 Å². The van der Waals surface area contributed by atoms with E-state index in [4.69, 9.17) is 0 Å². The summed E-state index contributed by atoms with van der Waals surface area (Å²) < 4.78 is 0. The Labute approximate surface area is 189 Å². The number of halogens is 2. The quantitative estimate of drug-likeness (QED) is 0.355. The van der Waals surface area contributed by atoms with E-state index in [0.717, 1.165) is 6.42 Å². The molecule has 0 aromatic heterocycles. The van der Waals surface area contributed by atoms with Crippen LogP contribution in [0.5, 0.6) is 0 Å². The molecule has 1 aliphatic rings. The first-order valence-electron chi connectivity index (χ1n) is 8.38. The van der Waals surface area contributed by atoms with Crippen LogP contribution in [0.3, 0.4) is 0 Å². The Morgan fingerprint density at radius 3 is 2.19 bits per heavy atom. The van der Waals surface area contributed by atoms with Crippen molar-refractivity contribution in [3.63, 3.8) is 0 Å². The van der Waals surface area contributed by atoms with Crippen LogP contribution in [0, 0.1) is 19.9 Å². The summed E-state index contributed by atoms with van der Waals surface area (Å²) in [5.74, 6) is 0.675. The third kappa shape index (κ3) is 5.62. The molecule has 134 valence electrons. The van der Waals surface area contributed by atoms with E-state index in [1.54, 1.807) is 0 Å². The van der Waals surface area contributed by atoms with Crippen molar-refractivity contribution in [1.29, 1.82) is 0 Å². The van der Waals surface area contributed by atoms with Crippen LogP contribution in [0.4, 0.5) is 0 Å². The summed E-state index contributed by atoms with van der Waals surface area (Å²) >= 11 is 0. The molecule has 0 spiro atoms. The van der Waals surface area contributed by atoms with E-state index in [2.05, 4.69) is 82.3 Å². The average Bonchev–Trinajstić information content (AvgIpc) is 3.07. The Hall–Kier alpha value is -0.747. The van der Waals surface area contributed by atoms with Gasteiger partial charge in [0.25, 0.3) is 0 Å². The molecular weight excluding hydrogens is 438 g/mol. The topological polar surface area (TPSA) is 0 Å². The fraction of sp³-hybridized carbons (Fsp3) is 0.261. The molecular formula is C23H24Cl2Zr. The molecule has 0 heterocycles. The van der Waals surface area contributed by atoms with Crippen molar-refractivity contribution >= 4 is 0 Å². The molecule has 1 aliphatic carbocycles. The van der Waals surface area contributed by atoms with Crippen molar-refractivity contribution in [3.05, 3.63) is 88.5 Å². The van der Waals surface area contributed by atoms with Crippen molar-refractivity contribution < 1.29 is 51.0 Å². The molecule has 0 N–H and O–H groups in total. The zero-order valence-electron chi connectivity index (χ0n) is 15.7. The zero-order valence-corrected chi connectivity index (χ0v) is 19.7. The van der Waals surface area contributed by atoms with Crippen molar-refractivity contribution in [3.8, 4) is 11.1 Å². The Bertz CT molecular complexity index is 775. The first-order chi connectivity index (χ1) is 11.1. The smallest absolute Gasteiger partial charge is 1.00 e. The number of hydrogen-bond acceptors (Lipinski definition) is 0. The first-order valence-corrected chi connectivity index (χ1v) is 8.38. The van der Waals surface area contributed by atoms with Gasteiger partial charge in [-0.1, -0.05) is 69.0 Å². The minimum Gasteiger partial charge on any atom is -1.00 e. The van der Waals surface area contributed by atoms with E-state index in [1.807, 2.05) is 6.07 Å². The Kier molecular flexibility index (Phi) is 10.9. The molecule has 0 saturated heterocycles. The average molecular weight is 463 g/mol. The monoisotopic (exact) mass is 460 g/mol. The Morgan fingerprint density at radius 1 is 0.962 bits per heavy atom. The normalized spacial score (nSPS) is 10.3. The van der Waals surface area contributed by atoms with Gasteiger partial charge in [-0.3, -0.25) is 0 Å². The van der Waals surface area contributed by atoms with Crippen LogP contribution in [0.1, 0.15) is 47.6 Å². The predicted molar refractivity (Wildman–Crippen MR) is 99.1 cm³/mol. The summed E-state index contributed by atoms with van der Waals surface area (Å²) in [6.45, 7) is 8.81. The van der Waals surface area contributed by atoms with Crippen LogP contribution in [-0.2, 0) is 32.6 Å². The van der Waals surface area contributed by atoms with E-state index in [0.29, 0.717) is 5.92 Å². The maximum absolute atomic E-state index is 3.30. The summed E-state index contributed by atoms with van der Waals surface area (Å²) in [4.78, 5) is 0. The van der Waals surface area contributed by atoms with Crippen LogP contribution >= 0.6 is 0 Å². The van der Waals surface area contributed by atoms with Gasteiger partial charge in [-0.15, -0.1) is 5.56 Å². The largest absolute Gasteiger partial charge is 4.00 e. The number of benzene rings is 2. The van der Waals surface area contributed by atoms with E-state index in [1.165, 1.54) is 38.9 Å². The number of aryl methyl sites for hydroxylation is 2. The maximum Gasteiger partial charge on any atom is 4.00 e. The summed E-state index contributed by atoms with van der Waals surface area (Å²) in [7, 11) is 0. The molecule has 26 heavy (non-hydrogen) atoms. The predicted octanol–water partition coefficient (Wildman–Crippen LogP) is 0.209. The van der Waals surface area contributed by atoms with E-state index in [9.17, 15) is 0 Å². The molecule has 3 aromatic carbocycles. The van der Waals surface area contributed by atoms with Crippen molar-refractivity contribution in [2.24, 2.45) is 0 Å². The molecule has 0 bridgehead atoms. The van der Waals surface area contributed by atoms with Crippen LogP contribution in [0.2, 0.25) is 0 Å². The second-order valence-corrected chi connectivity index (χ2v) is 6.72. The Morgan fingerprint density at radius 2 is 1.62 bits per heavy atom. The van der Waals surface area contributed by atoms with Crippen molar-refractivity contribution in [2.75, 3.05) is 0 Å². The number of rotatable bonds is 1. The molecule has 0 nitrogen and oxygen atoms in total. The van der Waals surface area contributed by atoms with Gasteiger partial charge in [-0.05, 0) is 6.42 Å². The van der Waals surface area contributed by atoms with E-state index in [-0.39, 0.29) is 51.0 Å². The van der Waals surface area contributed by atoms with Gasteiger partial charge in [0.05, 0.1) is 0 Å². The summed E-state index contributed by atoms with van der Waals surface area (Å²) in [6, 6.07) is 22.6. The molecule has 0 atom stereocenters. The SMILES string of the molecule is Cc1cc(C(C)C)c(C)[cH-]1.[Cl-].[Cl-].[Zr+4].[c-]1cccc2c1Cc1ccccc1-2. The van der Waals surface area contributed by atoms with Crippen molar-refractivity contribution in [2.45, 2.75) is 40.0 Å². The Balaban J connectivity index is 0.000000445. The molecule has 0 radical (unpaired) electrons. The van der Waals surface area contributed by atoms with Gasteiger partial charge in [0, 0.05) is 0 Å². The molecule has 0 fully saturated rings. The fourth-order valence-electron chi connectivity index (χ4n) is 3.45. The maximum atomic E-state index is 3.30. The van der Waals surface area contributed by atoms with Gasteiger partial charge in [-0.2, -0.15) is 52.6 Å². The number of fused-ring (bicyclic) bond motifs is 3. The van der Waals surface area contributed by atoms with E-state index >= 15 is 0 Å². The van der Waals surface area contributed by atoms with Crippen LogP contribution < -0.4 is 24.8 Å². The van der Waals surface area contributed by atoms with Gasteiger partial charge in [0.1, 0.15) is 0 Å². The van der Waals surface area contributed by atoms with Crippen LogP contribution in [0.15, 0.2) is 54.6 Å². The molecule has 0 aliphatic heterocycles. The molecule has 4 rings (SSSR count). The van der Waals surface area contributed by atoms with Crippen molar-refractivity contribution in [1.82, 2.24) is 0 Å². The third-order valence-electron chi connectivity index (χ3n) is 4.52. The third-order valence-corrected chi connectivity index (χ3v) is 4.52. The van der Waals surface area contributed by atoms with Gasteiger partial charge < -0.3 is 24.8 Å². The standard InChI is InChI=1S/C13H9.C10H15.2ClH.Zr/c1-3-7-12-10(5-1)9-11-6-2-4-8-13(11)12;1-7(2)10-6-8(3)5-9(10)4;;;/h1-5,7-8H,9H2;5-7H,1-4H3;2*1H;/q2*-1;;;+4/p-2. The molecule has 3 aromatic rings. The first kappa shape index (κ1) is 25.3. The summed E-state index contributed by atoms with van der Waals surface area (Å²) in [6.07, 6.45) is 1.05. The summed E-state index contributed by atoms with van der Waals surface area (Å²) in [5.41, 5.74) is 9.84. The minimum atomic E-state index is 0. The van der Waals surface area contributed by atoms with Gasteiger partial charge >= 0.3 is 26.2 Å². The summed E-state index contributed by atoms with van der Waals surface area (Å²) in [5, 5.41) is 0. The zero-order chi connectivity index (χ0) is 16.4. The van der Waals surface area contributed by atoms with Crippen LogP contribution in [0.25, 0.3) is 11.1 Å². The fourth-order valence-corrected chi connectivity index (χ4v) is 3.45. The second kappa shape index (κ2) is 11.2. The molecule has 0 amide bonds. The molecule has 3 heteroatoms. The second-order valence-electron chi connectivity index (χ2n) is 6.72. The minimum absolute atomic E-state index is 0. The van der Waals surface area contributed by atoms with E-state index < -0.39 is 0 Å². The molecule has 0 unspecified atom stereocenters. The van der Waals surface area contributed by atoms with Gasteiger partial charge in [-0.25, -0.2) is 6.07 Å². The number of hydrogen-bond donors (Lipinski definition) is 0. The molecule has 0 saturated carbocycles.